The Hall–Kier alpha value is -0.650. The summed E-state index contributed by atoms with van der Waals surface area (Å²) in [6.07, 6.45) is 3.54. The third kappa shape index (κ3) is 6.00. The highest BCUT2D eigenvalue weighted by atomic mass is 16.5. The zero-order valence-corrected chi connectivity index (χ0v) is 10.6. The van der Waals surface area contributed by atoms with Crippen molar-refractivity contribution in [3.8, 4) is 0 Å². The molecule has 1 N–H and O–H groups in total. The van der Waals surface area contributed by atoms with Gasteiger partial charge in [0.1, 0.15) is 0 Å². The van der Waals surface area contributed by atoms with Crippen molar-refractivity contribution in [2.45, 2.75) is 31.7 Å². The first kappa shape index (κ1) is 14.4. The molecule has 0 aromatic rings. The normalized spacial score (nSPS) is 21.6. The largest absolute Gasteiger partial charge is 0.481 e. The molecule has 1 heterocycles. The van der Waals surface area contributed by atoms with Crippen LogP contribution in [0, 0.1) is 0 Å². The first-order valence-corrected chi connectivity index (χ1v) is 6.26. The van der Waals surface area contributed by atoms with Gasteiger partial charge in [-0.2, -0.15) is 0 Å². The Balaban J connectivity index is 2.20. The predicted molar refractivity (Wildman–Crippen MR) is 64.2 cm³/mol. The van der Waals surface area contributed by atoms with Gasteiger partial charge in [0.2, 0.25) is 0 Å². The van der Waals surface area contributed by atoms with Gasteiger partial charge in [-0.25, -0.2) is 0 Å². The van der Waals surface area contributed by atoms with E-state index in [4.69, 9.17) is 14.6 Å². The van der Waals surface area contributed by atoms with Crippen LogP contribution in [0.5, 0.6) is 0 Å². The Labute approximate surface area is 103 Å². The molecule has 0 aromatic heterocycles. The van der Waals surface area contributed by atoms with E-state index in [1.807, 2.05) is 0 Å². The molecular formula is C12H23NO4. The molecular weight excluding hydrogens is 222 g/mol. The predicted octanol–water partition coefficient (Wildman–Crippen LogP) is 0.979. The Morgan fingerprint density at radius 3 is 2.88 bits per heavy atom. The van der Waals surface area contributed by atoms with E-state index in [0.29, 0.717) is 19.8 Å². The summed E-state index contributed by atoms with van der Waals surface area (Å²) in [5.41, 5.74) is 0. The maximum Gasteiger partial charge on any atom is 0.304 e. The SMILES string of the molecule is COCCOCCN1CCCCC1CC(=O)O. The van der Waals surface area contributed by atoms with Crippen molar-refractivity contribution in [2.75, 3.05) is 40.0 Å². The van der Waals surface area contributed by atoms with Crippen molar-refractivity contribution in [3.05, 3.63) is 0 Å². The second-order valence-electron chi connectivity index (χ2n) is 4.39. The van der Waals surface area contributed by atoms with Gasteiger partial charge < -0.3 is 14.6 Å². The lowest BCUT2D eigenvalue weighted by atomic mass is 9.99. The van der Waals surface area contributed by atoms with Gasteiger partial charge in [0, 0.05) is 19.7 Å². The van der Waals surface area contributed by atoms with Crippen LogP contribution in [0.4, 0.5) is 0 Å². The van der Waals surface area contributed by atoms with Crippen LogP contribution < -0.4 is 0 Å². The van der Waals surface area contributed by atoms with E-state index >= 15 is 0 Å². The number of nitrogens with zero attached hydrogens (tertiary/aromatic N) is 1. The molecule has 1 aliphatic heterocycles. The van der Waals surface area contributed by atoms with E-state index in [-0.39, 0.29) is 12.5 Å². The lowest BCUT2D eigenvalue weighted by Crippen LogP contribution is -2.42. The van der Waals surface area contributed by atoms with Gasteiger partial charge in [-0.1, -0.05) is 6.42 Å². The summed E-state index contributed by atoms with van der Waals surface area (Å²) in [6.45, 7) is 3.68. The molecule has 0 saturated carbocycles. The third-order valence-corrected chi connectivity index (χ3v) is 3.11. The Bertz CT molecular complexity index is 223. The number of hydrogen-bond acceptors (Lipinski definition) is 4. The zero-order valence-electron chi connectivity index (χ0n) is 10.6. The minimum absolute atomic E-state index is 0.187. The molecule has 5 heteroatoms. The second kappa shape index (κ2) is 8.44. The summed E-state index contributed by atoms with van der Waals surface area (Å²) < 4.78 is 10.3. The standard InChI is InChI=1S/C12H23NO4/c1-16-8-9-17-7-6-13-5-3-2-4-11(13)10-12(14)15/h11H,2-10H2,1H3,(H,14,15). The number of carbonyl (C=O) groups is 1. The molecule has 1 rings (SSSR count). The number of methoxy groups -OCH3 is 1. The van der Waals surface area contributed by atoms with Crippen molar-refractivity contribution in [1.82, 2.24) is 4.90 Å². The molecule has 1 saturated heterocycles. The number of carboxylic acids is 1. The van der Waals surface area contributed by atoms with Crippen LogP contribution in [0.1, 0.15) is 25.7 Å². The topological polar surface area (TPSA) is 59.0 Å². The molecule has 0 aliphatic carbocycles. The van der Waals surface area contributed by atoms with Crippen molar-refractivity contribution >= 4 is 5.97 Å². The first-order chi connectivity index (χ1) is 8.24. The number of likely N-dealkylation sites (tertiary alicyclic amines) is 1. The molecule has 1 atom stereocenters. The van der Waals surface area contributed by atoms with Gasteiger partial charge in [0.05, 0.1) is 26.2 Å². The summed E-state index contributed by atoms with van der Waals surface area (Å²) in [4.78, 5) is 13.0. The molecule has 0 bridgehead atoms. The van der Waals surface area contributed by atoms with Gasteiger partial charge in [-0.3, -0.25) is 9.69 Å². The van der Waals surface area contributed by atoms with Crippen molar-refractivity contribution in [2.24, 2.45) is 0 Å². The average Bonchev–Trinajstić information content (AvgIpc) is 2.30. The van der Waals surface area contributed by atoms with Crippen LogP contribution in [0.15, 0.2) is 0 Å². The number of aliphatic carboxylic acids is 1. The van der Waals surface area contributed by atoms with E-state index in [1.54, 1.807) is 7.11 Å². The van der Waals surface area contributed by atoms with E-state index in [9.17, 15) is 4.79 Å². The summed E-state index contributed by atoms with van der Waals surface area (Å²) in [6, 6.07) is 0.187. The molecule has 0 aromatic carbocycles. The number of ether oxygens (including phenoxy) is 2. The van der Waals surface area contributed by atoms with E-state index in [1.165, 1.54) is 0 Å². The summed E-state index contributed by atoms with van der Waals surface area (Å²) in [5, 5.41) is 8.85. The fraction of sp³-hybridized carbons (Fsp3) is 0.917. The van der Waals surface area contributed by atoms with Gasteiger partial charge in [0.25, 0.3) is 0 Å². The van der Waals surface area contributed by atoms with Gasteiger partial charge in [-0.15, -0.1) is 0 Å². The lowest BCUT2D eigenvalue weighted by molar-refractivity contribution is -0.138. The molecule has 1 aliphatic rings. The zero-order chi connectivity index (χ0) is 12.5. The molecule has 0 spiro atoms. The van der Waals surface area contributed by atoms with Crippen LogP contribution in [-0.2, 0) is 14.3 Å². The molecule has 17 heavy (non-hydrogen) atoms. The van der Waals surface area contributed by atoms with Crippen molar-refractivity contribution < 1.29 is 19.4 Å². The van der Waals surface area contributed by atoms with Crippen LogP contribution >= 0.6 is 0 Å². The van der Waals surface area contributed by atoms with E-state index in [2.05, 4.69) is 4.90 Å². The molecule has 1 fully saturated rings. The number of piperidine rings is 1. The van der Waals surface area contributed by atoms with Crippen molar-refractivity contribution in [1.29, 1.82) is 0 Å². The maximum atomic E-state index is 10.8. The summed E-state index contributed by atoms with van der Waals surface area (Å²) in [5.74, 6) is -0.706. The monoisotopic (exact) mass is 245 g/mol. The van der Waals surface area contributed by atoms with Gasteiger partial charge >= 0.3 is 5.97 Å². The summed E-state index contributed by atoms with van der Waals surface area (Å²) >= 11 is 0. The fourth-order valence-electron chi connectivity index (χ4n) is 2.21. The van der Waals surface area contributed by atoms with Crippen LogP contribution in [0.25, 0.3) is 0 Å². The molecule has 0 radical (unpaired) electrons. The highest BCUT2D eigenvalue weighted by Crippen LogP contribution is 2.19. The van der Waals surface area contributed by atoms with Gasteiger partial charge in [0.15, 0.2) is 0 Å². The maximum absolute atomic E-state index is 10.8. The van der Waals surface area contributed by atoms with Crippen molar-refractivity contribution in [3.63, 3.8) is 0 Å². The van der Waals surface area contributed by atoms with Gasteiger partial charge in [-0.05, 0) is 19.4 Å². The lowest BCUT2D eigenvalue weighted by Gasteiger charge is -2.34. The number of hydrogen-bond donors (Lipinski definition) is 1. The molecule has 1 unspecified atom stereocenters. The molecule has 100 valence electrons. The van der Waals surface area contributed by atoms with E-state index in [0.717, 1.165) is 32.4 Å². The Morgan fingerprint density at radius 1 is 1.35 bits per heavy atom. The highest BCUT2D eigenvalue weighted by Gasteiger charge is 2.23. The third-order valence-electron chi connectivity index (χ3n) is 3.11. The number of rotatable bonds is 8. The minimum Gasteiger partial charge on any atom is -0.481 e. The quantitative estimate of drug-likeness (QED) is 0.646. The second-order valence-corrected chi connectivity index (χ2v) is 4.39. The summed E-state index contributed by atoms with van der Waals surface area (Å²) in [7, 11) is 1.65. The van der Waals surface area contributed by atoms with Crippen LogP contribution in [-0.4, -0.2) is 62.0 Å². The fourth-order valence-corrected chi connectivity index (χ4v) is 2.21. The smallest absolute Gasteiger partial charge is 0.304 e. The highest BCUT2D eigenvalue weighted by molar-refractivity contribution is 5.67. The number of carboxylic acid groups (broad SMARTS) is 1. The molecule has 0 amide bonds. The first-order valence-electron chi connectivity index (χ1n) is 6.26. The van der Waals surface area contributed by atoms with E-state index < -0.39 is 5.97 Å². The minimum atomic E-state index is -0.706. The molecule has 5 nitrogen and oxygen atoms in total. The Kier molecular flexibility index (Phi) is 7.16. The van der Waals surface area contributed by atoms with Crippen LogP contribution in [0.2, 0.25) is 0 Å². The average molecular weight is 245 g/mol. The van der Waals surface area contributed by atoms with Crippen LogP contribution in [0.3, 0.4) is 0 Å². The Morgan fingerprint density at radius 2 is 2.18 bits per heavy atom.